The molecule has 2 N–H and O–H groups in total. The Kier molecular flexibility index (Phi) is 6.06. The number of pyridine rings is 1. The minimum Gasteiger partial charge on any atom is -0.384 e. The maximum Gasteiger partial charge on any atom is 0.332 e. The Bertz CT molecular complexity index is 1230. The number of aromatic nitrogens is 3. The number of Topliss-reactive ketones (excluding diaryl/α,β-unsaturated/α-hetero) is 2. The van der Waals surface area contributed by atoms with E-state index in [1.807, 2.05) is 30.3 Å². The Labute approximate surface area is 172 Å². The second kappa shape index (κ2) is 8.69. The van der Waals surface area contributed by atoms with E-state index in [4.69, 9.17) is 5.73 Å². The summed E-state index contributed by atoms with van der Waals surface area (Å²) in [6, 6.07) is 12.5. The van der Waals surface area contributed by atoms with Gasteiger partial charge in [-0.2, -0.15) is 4.57 Å². The molecule has 0 aliphatic carbocycles. The minimum atomic E-state index is -0.711. The molecule has 0 fully saturated rings. The molecule has 154 valence electrons. The van der Waals surface area contributed by atoms with E-state index in [0.29, 0.717) is 5.56 Å². The van der Waals surface area contributed by atoms with Crippen molar-refractivity contribution in [3.05, 3.63) is 92.4 Å². The van der Waals surface area contributed by atoms with Crippen LogP contribution in [0.4, 0.5) is 5.82 Å². The van der Waals surface area contributed by atoms with Gasteiger partial charge in [-0.15, -0.1) is 0 Å². The van der Waals surface area contributed by atoms with Crippen molar-refractivity contribution in [1.82, 2.24) is 9.13 Å². The number of nitrogens with two attached hydrogens (primary N) is 1. The highest BCUT2D eigenvalue weighted by molar-refractivity contribution is 5.99. The van der Waals surface area contributed by atoms with Gasteiger partial charge >= 0.3 is 5.69 Å². The van der Waals surface area contributed by atoms with Crippen molar-refractivity contribution < 1.29 is 14.2 Å². The average molecular weight is 407 g/mol. The molecule has 0 aliphatic rings. The second-order valence-corrected chi connectivity index (χ2v) is 6.91. The van der Waals surface area contributed by atoms with Gasteiger partial charge in [0.2, 0.25) is 12.3 Å². The fourth-order valence-corrected chi connectivity index (χ4v) is 3.25. The van der Waals surface area contributed by atoms with Gasteiger partial charge in [0.05, 0.1) is 12.1 Å². The van der Waals surface area contributed by atoms with Gasteiger partial charge in [-0.05, 0) is 25.5 Å². The molecular formula is C22H23N4O4+. The molecule has 3 aromatic rings. The highest BCUT2D eigenvalue weighted by atomic mass is 16.2. The number of carbonyl (C=O) groups excluding carboxylic acids is 2. The summed E-state index contributed by atoms with van der Waals surface area (Å²) in [4.78, 5) is 50.2. The van der Waals surface area contributed by atoms with Crippen molar-refractivity contribution in [2.24, 2.45) is 0 Å². The standard InChI is InChI=1S/C22H22N4O4/c1-3-25-21(29)19(18(28)14-24-11-7-10-17(13-24)15(2)27)20(23)26(22(25)30)12-16-8-5-4-6-9-16/h4-11,13H,3,12,14H2,1-2H3,(H-,23,28,29)/p+1. The summed E-state index contributed by atoms with van der Waals surface area (Å²) in [5.74, 6) is -0.833. The van der Waals surface area contributed by atoms with Crippen LogP contribution in [0, 0.1) is 0 Å². The smallest absolute Gasteiger partial charge is 0.332 e. The van der Waals surface area contributed by atoms with Crippen LogP contribution in [0.3, 0.4) is 0 Å². The zero-order valence-corrected chi connectivity index (χ0v) is 16.9. The van der Waals surface area contributed by atoms with Crippen LogP contribution in [-0.4, -0.2) is 20.7 Å². The molecular weight excluding hydrogens is 384 g/mol. The van der Waals surface area contributed by atoms with E-state index in [9.17, 15) is 19.2 Å². The quantitative estimate of drug-likeness (QED) is 0.465. The zero-order chi connectivity index (χ0) is 21.8. The summed E-state index contributed by atoms with van der Waals surface area (Å²) in [6.45, 7) is 3.15. The molecule has 0 bridgehead atoms. The van der Waals surface area contributed by atoms with Crippen LogP contribution < -0.4 is 21.5 Å². The van der Waals surface area contributed by atoms with Crippen LogP contribution in [0.15, 0.2) is 64.4 Å². The van der Waals surface area contributed by atoms with Gasteiger partial charge in [-0.25, -0.2) is 4.79 Å². The maximum atomic E-state index is 13.0. The first-order valence-corrected chi connectivity index (χ1v) is 9.53. The molecule has 0 unspecified atom stereocenters. The lowest BCUT2D eigenvalue weighted by Gasteiger charge is -2.15. The molecule has 8 heteroatoms. The largest absolute Gasteiger partial charge is 0.384 e. The maximum absolute atomic E-state index is 13.0. The fourth-order valence-electron chi connectivity index (χ4n) is 3.25. The first-order valence-electron chi connectivity index (χ1n) is 9.53. The van der Waals surface area contributed by atoms with E-state index in [-0.39, 0.29) is 36.8 Å². The van der Waals surface area contributed by atoms with Crippen LogP contribution >= 0.6 is 0 Å². The summed E-state index contributed by atoms with van der Waals surface area (Å²) < 4.78 is 3.76. The van der Waals surface area contributed by atoms with Crippen molar-refractivity contribution in [1.29, 1.82) is 0 Å². The third-order valence-corrected chi connectivity index (χ3v) is 4.84. The monoisotopic (exact) mass is 407 g/mol. The molecule has 0 saturated carbocycles. The van der Waals surface area contributed by atoms with Crippen molar-refractivity contribution in [3.8, 4) is 0 Å². The molecule has 0 spiro atoms. The van der Waals surface area contributed by atoms with Gasteiger partial charge in [-0.1, -0.05) is 30.3 Å². The number of nitrogen functional groups attached to an aromatic ring is 1. The third-order valence-electron chi connectivity index (χ3n) is 4.84. The van der Waals surface area contributed by atoms with E-state index < -0.39 is 17.0 Å². The van der Waals surface area contributed by atoms with Crippen molar-refractivity contribution in [2.75, 3.05) is 5.73 Å². The average Bonchev–Trinajstić information content (AvgIpc) is 2.72. The summed E-state index contributed by atoms with van der Waals surface area (Å²) in [6.07, 6.45) is 3.16. The molecule has 2 heterocycles. The van der Waals surface area contributed by atoms with Gasteiger partial charge in [0.1, 0.15) is 11.4 Å². The number of hydrogen-bond donors (Lipinski definition) is 1. The Balaban J connectivity index is 2.07. The SMILES string of the molecule is CCn1c(=O)c(C(=O)C[n+]2cccc(C(C)=O)c2)c(N)n(Cc2ccccc2)c1=O. The Morgan fingerprint density at radius 1 is 1.03 bits per heavy atom. The zero-order valence-electron chi connectivity index (χ0n) is 16.9. The van der Waals surface area contributed by atoms with Crippen molar-refractivity contribution in [2.45, 2.75) is 33.5 Å². The van der Waals surface area contributed by atoms with Crippen LogP contribution in [0.2, 0.25) is 0 Å². The Morgan fingerprint density at radius 3 is 2.37 bits per heavy atom. The van der Waals surface area contributed by atoms with E-state index in [0.717, 1.165) is 10.1 Å². The lowest BCUT2D eigenvalue weighted by atomic mass is 10.1. The number of hydrogen-bond acceptors (Lipinski definition) is 5. The van der Waals surface area contributed by atoms with Gasteiger partial charge in [-0.3, -0.25) is 23.5 Å². The minimum absolute atomic E-state index is 0.111. The van der Waals surface area contributed by atoms with E-state index in [1.54, 1.807) is 25.3 Å². The summed E-state index contributed by atoms with van der Waals surface area (Å²) in [5, 5.41) is 0. The summed E-state index contributed by atoms with van der Waals surface area (Å²) in [7, 11) is 0. The third kappa shape index (κ3) is 4.12. The Hall–Kier alpha value is -3.81. The van der Waals surface area contributed by atoms with Crippen molar-refractivity contribution in [3.63, 3.8) is 0 Å². The molecule has 0 aliphatic heterocycles. The number of rotatable bonds is 7. The van der Waals surface area contributed by atoms with Gasteiger partial charge in [0.15, 0.2) is 18.2 Å². The van der Waals surface area contributed by atoms with Gasteiger partial charge in [0, 0.05) is 12.6 Å². The molecule has 1 aromatic carbocycles. The highest BCUT2D eigenvalue weighted by Gasteiger charge is 2.25. The first kappa shape index (κ1) is 20.9. The molecule has 0 radical (unpaired) electrons. The van der Waals surface area contributed by atoms with Gasteiger partial charge in [0.25, 0.3) is 5.56 Å². The number of nitrogens with zero attached hydrogens (tertiary/aromatic N) is 3. The fraction of sp³-hybridized carbons (Fsp3) is 0.227. The van der Waals surface area contributed by atoms with Gasteiger partial charge < -0.3 is 5.73 Å². The first-order chi connectivity index (χ1) is 14.3. The number of carbonyl (C=O) groups is 2. The molecule has 2 aromatic heterocycles. The molecule has 30 heavy (non-hydrogen) atoms. The van der Waals surface area contributed by atoms with Crippen LogP contribution in [-0.2, 0) is 19.6 Å². The summed E-state index contributed by atoms with van der Waals surface area (Å²) in [5.41, 5.74) is 5.91. The van der Waals surface area contributed by atoms with Crippen molar-refractivity contribution >= 4 is 17.4 Å². The molecule has 0 atom stereocenters. The van der Waals surface area contributed by atoms with E-state index in [1.165, 1.54) is 22.3 Å². The summed E-state index contributed by atoms with van der Waals surface area (Å²) >= 11 is 0. The van der Waals surface area contributed by atoms with Crippen LogP contribution in [0.25, 0.3) is 0 Å². The molecule has 0 saturated heterocycles. The molecule has 8 nitrogen and oxygen atoms in total. The predicted molar refractivity (Wildman–Crippen MR) is 112 cm³/mol. The van der Waals surface area contributed by atoms with Crippen LogP contribution in [0.5, 0.6) is 0 Å². The number of anilines is 1. The second-order valence-electron chi connectivity index (χ2n) is 6.91. The topological polar surface area (TPSA) is 108 Å². The molecule has 0 amide bonds. The van der Waals surface area contributed by atoms with Crippen LogP contribution in [0.1, 0.15) is 40.1 Å². The molecule has 3 rings (SSSR count). The van der Waals surface area contributed by atoms with E-state index in [2.05, 4.69) is 0 Å². The van der Waals surface area contributed by atoms with E-state index >= 15 is 0 Å². The highest BCUT2D eigenvalue weighted by Crippen LogP contribution is 2.10. The number of benzene rings is 1. The predicted octanol–water partition coefficient (Wildman–Crippen LogP) is 1.03. The number of ketones is 2. The Morgan fingerprint density at radius 2 is 1.73 bits per heavy atom. The lowest BCUT2D eigenvalue weighted by Crippen LogP contribution is -2.46. The normalized spacial score (nSPS) is 10.7. The lowest BCUT2D eigenvalue weighted by molar-refractivity contribution is -0.683.